The van der Waals surface area contributed by atoms with E-state index in [1.165, 1.54) is 57.3 Å². The van der Waals surface area contributed by atoms with Crippen LogP contribution < -0.4 is 5.32 Å². The van der Waals surface area contributed by atoms with E-state index in [1.807, 2.05) is 0 Å². The Balaban J connectivity index is 1.54. The number of methoxy groups -OCH3 is 1. The molecule has 0 bridgehead atoms. The summed E-state index contributed by atoms with van der Waals surface area (Å²) in [5, 5.41) is 3.69. The Labute approximate surface area is 129 Å². The van der Waals surface area contributed by atoms with Crippen molar-refractivity contribution in [2.45, 2.75) is 38.1 Å². The maximum atomic E-state index is 5.08. The molecule has 0 radical (unpaired) electrons. The van der Waals surface area contributed by atoms with Crippen LogP contribution in [0.15, 0.2) is 30.3 Å². The lowest BCUT2D eigenvalue weighted by Crippen LogP contribution is -2.43. The number of piperidine rings is 1. The highest BCUT2D eigenvalue weighted by atomic mass is 16.5. The van der Waals surface area contributed by atoms with Crippen LogP contribution in [-0.4, -0.2) is 50.8 Å². The molecule has 1 saturated heterocycles. The Kier molecular flexibility index (Phi) is 7.79. The molecular formula is C18H30N2O. The molecule has 1 aliphatic rings. The molecule has 1 N–H and O–H groups in total. The zero-order valence-electron chi connectivity index (χ0n) is 13.4. The SMILES string of the molecule is COCCCCNC1CCN(CCc2ccccc2)CC1. The fraction of sp³-hybridized carbons (Fsp3) is 0.667. The van der Waals surface area contributed by atoms with Gasteiger partial charge in [0.25, 0.3) is 0 Å². The molecule has 0 aromatic heterocycles. The van der Waals surface area contributed by atoms with E-state index in [2.05, 4.69) is 40.5 Å². The zero-order chi connectivity index (χ0) is 14.8. The van der Waals surface area contributed by atoms with Crippen LogP contribution in [0, 0.1) is 0 Å². The van der Waals surface area contributed by atoms with Crippen LogP contribution in [-0.2, 0) is 11.2 Å². The molecule has 0 aliphatic carbocycles. The summed E-state index contributed by atoms with van der Waals surface area (Å²) >= 11 is 0. The summed E-state index contributed by atoms with van der Waals surface area (Å²) in [6.07, 6.45) is 6.15. The Morgan fingerprint density at radius 1 is 1.14 bits per heavy atom. The average Bonchev–Trinajstić information content (AvgIpc) is 2.55. The second-order valence-corrected chi connectivity index (χ2v) is 6.01. The lowest BCUT2D eigenvalue weighted by molar-refractivity contribution is 0.186. The van der Waals surface area contributed by atoms with Crippen LogP contribution in [0.4, 0.5) is 0 Å². The molecule has 118 valence electrons. The molecule has 0 spiro atoms. The molecule has 0 saturated carbocycles. The van der Waals surface area contributed by atoms with Gasteiger partial charge >= 0.3 is 0 Å². The smallest absolute Gasteiger partial charge is 0.0462 e. The van der Waals surface area contributed by atoms with Crippen LogP contribution in [0.5, 0.6) is 0 Å². The van der Waals surface area contributed by atoms with Crippen molar-refractivity contribution in [3.05, 3.63) is 35.9 Å². The lowest BCUT2D eigenvalue weighted by Gasteiger charge is -2.32. The molecular weight excluding hydrogens is 260 g/mol. The first-order valence-electron chi connectivity index (χ1n) is 8.37. The van der Waals surface area contributed by atoms with E-state index in [1.54, 1.807) is 7.11 Å². The molecule has 1 fully saturated rings. The van der Waals surface area contributed by atoms with Crippen molar-refractivity contribution in [1.82, 2.24) is 10.2 Å². The fourth-order valence-electron chi connectivity index (χ4n) is 2.97. The minimum absolute atomic E-state index is 0.723. The minimum atomic E-state index is 0.723. The van der Waals surface area contributed by atoms with Gasteiger partial charge in [-0.3, -0.25) is 0 Å². The number of benzene rings is 1. The largest absolute Gasteiger partial charge is 0.385 e. The summed E-state index contributed by atoms with van der Waals surface area (Å²) < 4.78 is 5.08. The first-order chi connectivity index (χ1) is 10.4. The van der Waals surface area contributed by atoms with Crippen LogP contribution in [0.3, 0.4) is 0 Å². The summed E-state index contributed by atoms with van der Waals surface area (Å²) in [5.41, 5.74) is 1.45. The Morgan fingerprint density at radius 2 is 1.90 bits per heavy atom. The van der Waals surface area contributed by atoms with Crippen molar-refractivity contribution >= 4 is 0 Å². The first-order valence-corrected chi connectivity index (χ1v) is 8.37. The van der Waals surface area contributed by atoms with Crippen LogP contribution in [0.2, 0.25) is 0 Å². The number of nitrogens with one attached hydrogen (secondary N) is 1. The summed E-state index contributed by atoms with van der Waals surface area (Å²) in [5.74, 6) is 0. The summed E-state index contributed by atoms with van der Waals surface area (Å²) in [6.45, 7) is 5.70. The number of hydrogen-bond acceptors (Lipinski definition) is 3. The standard InChI is InChI=1S/C18H30N2O/c1-21-16-6-5-12-19-18-10-14-20(15-11-18)13-9-17-7-3-2-4-8-17/h2-4,7-8,18-19H,5-6,9-16H2,1H3. The quantitative estimate of drug-likeness (QED) is 0.708. The molecule has 2 rings (SSSR count). The molecule has 1 aromatic carbocycles. The summed E-state index contributed by atoms with van der Waals surface area (Å²) in [6, 6.07) is 11.5. The van der Waals surface area contributed by atoms with Gasteiger partial charge < -0.3 is 15.0 Å². The second kappa shape index (κ2) is 9.93. The van der Waals surface area contributed by atoms with Gasteiger partial charge in [-0.2, -0.15) is 0 Å². The highest BCUT2D eigenvalue weighted by molar-refractivity contribution is 5.14. The van der Waals surface area contributed by atoms with Gasteiger partial charge in [0.2, 0.25) is 0 Å². The van der Waals surface area contributed by atoms with Gasteiger partial charge in [-0.25, -0.2) is 0 Å². The molecule has 3 nitrogen and oxygen atoms in total. The zero-order valence-corrected chi connectivity index (χ0v) is 13.4. The topological polar surface area (TPSA) is 24.5 Å². The van der Waals surface area contributed by atoms with Gasteiger partial charge in [-0.05, 0) is 57.3 Å². The first kappa shape index (κ1) is 16.5. The number of nitrogens with zero attached hydrogens (tertiary/aromatic N) is 1. The van der Waals surface area contributed by atoms with E-state index in [0.29, 0.717) is 0 Å². The summed E-state index contributed by atoms with van der Waals surface area (Å²) in [4.78, 5) is 2.61. The van der Waals surface area contributed by atoms with Gasteiger partial charge in [-0.1, -0.05) is 30.3 Å². The van der Waals surface area contributed by atoms with Gasteiger partial charge in [0.1, 0.15) is 0 Å². The van der Waals surface area contributed by atoms with E-state index in [4.69, 9.17) is 4.74 Å². The molecule has 0 unspecified atom stereocenters. The Hall–Kier alpha value is -0.900. The van der Waals surface area contributed by atoms with E-state index in [-0.39, 0.29) is 0 Å². The van der Waals surface area contributed by atoms with Gasteiger partial charge in [-0.15, -0.1) is 0 Å². The maximum Gasteiger partial charge on any atom is 0.0462 e. The van der Waals surface area contributed by atoms with Crippen molar-refractivity contribution in [2.75, 3.05) is 39.9 Å². The Morgan fingerprint density at radius 3 is 2.62 bits per heavy atom. The average molecular weight is 290 g/mol. The van der Waals surface area contributed by atoms with Crippen molar-refractivity contribution in [1.29, 1.82) is 0 Å². The molecule has 1 aliphatic heterocycles. The fourth-order valence-corrected chi connectivity index (χ4v) is 2.97. The lowest BCUT2D eigenvalue weighted by atomic mass is 10.0. The van der Waals surface area contributed by atoms with Crippen LogP contribution in [0.1, 0.15) is 31.2 Å². The molecule has 3 heteroatoms. The van der Waals surface area contributed by atoms with Crippen molar-refractivity contribution in [2.24, 2.45) is 0 Å². The van der Waals surface area contributed by atoms with Gasteiger partial charge in [0, 0.05) is 26.3 Å². The van der Waals surface area contributed by atoms with E-state index in [0.717, 1.165) is 19.2 Å². The molecule has 0 atom stereocenters. The van der Waals surface area contributed by atoms with Gasteiger partial charge in [0.05, 0.1) is 0 Å². The van der Waals surface area contributed by atoms with E-state index >= 15 is 0 Å². The van der Waals surface area contributed by atoms with Crippen molar-refractivity contribution in [3.63, 3.8) is 0 Å². The third-order valence-electron chi connectivity index (χ3n) is 4.36. The molecule has 1 heterocycles. The second-order valence-electron chi connectivity index (χ2n) is 6.01. The Bertz CT molecular complexity index is 361. The highest BCUT2D eigenvalue weighted by Gasteiger charge is 2.17. The third kappa shape index (κ3) is 6.60. The predicted molar refractivity (Wildman–Crippen MR) is 88.7 cm³/mol. The van der Waals surface area contributed by atoms with Crippen molar-refractivity contribution < 1.29 is 4.74 Å². The molecule has 0 amide bonds. The van der Waals surface area contributed by atoms with Gasteiger partial charge in [0.15, 0.2) is 0 Å². The van der Waals surface area contributed by atoms with Crippen LogP contribution >= 0.6 is 0 Å². The number of hydrogen-bond donors (Lipinski definition) is 1. The number of likely N-dealkylation sites (tertiary alicyclic amines) is 1. The van der Waals surface area contributed by atoms with Crippen LogP contribution in [0.25, 0.3) is 0 Å². The number of ether oxygens (including phenoxy) is 1. The normalized spacial score (nSPS) is 17.2. The third-order valence-corrected chi connectivity index (χ3v) is 4.36. The van der Waals surface area contributed by atoms with E-state index < -0.39 is 0 Å². The number of unbranched alkanes of at least 4 members (excludes halogenated alkanes) is 1. The highest BCUT2D eigenvalue weighted by Crippen LogP contribution is 2.11. The minimum Gasteiger partial charge on any atom is -0.385 e. The van der Waals surface area contributed by atoms with E-state index in [9.17, 15) is 0 Å². The van der Waals surface area contributed by atoms with Crippen molar-refractivity contribution in [3.8, 4) is 0 Å². The maximum absolute atomic E-state index is 5.08. The monoisotopic (exact) mass is 290 g/mol. The molecule has 21 heavy (non-hydrogen) atoms. The number of rotatable bonds is 9. The summed E-state index contributed by atoms with van der Waals surface area (Å²) in [7, 11) is 1.78. The molecule has 1 aromatic rings. The predicted octanol–water partition coefficient (Wildman–Crippen LogP) is 2.71.